The number of ether oxygens (including phenoxy) is 1. The molecular formula is C18H24N2O3. The van der Waals surface area contributed by atoms with E-state index in [2.05, 4.69) is 18.3 Å². The molecule has 2 heterocycles. The standard InChI is InChI=1S/C18H24N2O3/c1-4-22-15-7-5-6-13-10-16(23-18(13)15)12(2)19-14-8-9-17(21)20(3)11-14/h5-7,10,12,14,19H,4,8-9,11H2,1-3H3. The van der Waals surface area contributed by atoms with Crippen molar-refractivity contribution >= 4 is 16.9 Å². The van der Waals surface area contributed by atoms with Crippen LogP contribution in [0.2, 0.25) is 0 Å². The molecule has 5 nitrogen and oxygen atoms in total. The average Bonchev–Trinajstić information content (AvgIpc) is 2.97. The summed E-state index contributed by atoms with van der Waals surface area (Å²) in [7, 11) is 1.86. The molecule has 2 aromatic rings. The lowest BCUT2D eigenvalue weighted by molar-refractivity contribution is -0.132. The summed E-state index contributed by atoms with van der Waals surface area (Å²) in [5.41, 5.74) is 0.800. The van der Waals surface area contributed by atoms with Gasteiger partial charge in [0.05, 0.1) is 12.6 Å². The molecule has 1 aliphatic rings. The highest BCUT2D eigenvalue weighted by Crippen LogP contribution is 2.31. The fourth-order valence-corrected chi connectivity index (χ4v) is 3.12. The molecule has 1 N–H and O–H groups in total. The van der Waals surface area contributed by atoms with E-state index in [0.29, 0.717) is 19.1 Å². The van der Waals surface area contributed by atoms with Gasteiger partial charge in [-0.1, -0.05) is 12.1 Å². The molecule has 1 aliphatic heterocycles. The molecule has 0 saturated carbocycles. The Morgan fingerprint density at radius 1 is 1.48 bits per heavy atom. The largest absolute Gasteiger partial charge is 0.490 e. The number of benzene rings is 1. The van der Waals surface area contributed by atoms with Crippen LogP contribution in [0, 0.1) is 0 Å². The van der Waals surface area contributed by atoms with Crippen LogP contribution in [0.25, 0.3) is 11.0 Å². The van der Waals surface area contributed by atoms with Gasteiger partial charge < -0.3 is 19.4 Å². The number of furan rings is 1. The average molecular weight is 316 g/mol. The summed E-state index contributed by atoms with van der Waals surface area (Å²) >= 11 is 0. The van der Waals surface area contributed by atoms with Gasteiger partial charge in [0, 0.05) is 31.4 Å². The van der Waals surface area contributed by atoms with Crippen molar-refractivity contribution in [3.8, 4) is 5.75 Å². The lowest BCUT2D eigenvalue weighted by Crippen LogP contribution is -2.47. The molecule has 1 fully saturated rings. The molecule has 0 aliphatic carbocycles. The van der Waals surface area contributed by atoms with Gasteiger partial charge in [0.1, 0.15) is 5.76 Å². The number of fused-ring (bicyclic) bond motifs is 1. The topological polar surface area (TPSA) is 54.7 Å². The zero-order chi connectivity index (χ0) is 16.4. The third-order valence-corrected chi connectivity index (χ3v) is 4.37. The molecule has 1 aromatic carbocycles. The minimum atomic E-state index is 0.0866. The Kier molecular flexibility index (Phi) is 4.57. The van der Waals surface area contributed by atoms with E-state index >= 15 is 0 Å². The monoisotopic (exact) mass is 316 g/mol. The molecule has 5 heteroatoms. The molecule has 1 amide bonds. The van der Waals surface area contributed by atoms with Crippen molar-refractivity contribution in [1.82, 2.24) is 10.2 Å². The molecule has 2 atom stereocenters. The van der Waals surface area contributed by atoms with Gasteiger partial charge in [-0.05, 0) is 32.4 Å². The van der Waals surface area contributed by atoms with Crippen LogP contribution in [0.4, 0.5) is 0 Å². The summed E-state index contributed by atoms with van der Waals surface area (Å²) in [6.45, 7) is 5.42. The Bertz CT molecular complexity index is 695. The maximum Gasteiger partial charge on any atom is 0.222 e. The second-order valence-corrected chi connectivity index (χ2v) is 6.15. The van der Waals surface area contributed by atoms with Crippen LogP contribution in [-0.4, -0.2) is 37.0 Å². The van der Waals surface area contributed by atoms with Gasteiger partial charge in [0.2, 0.25) is 5.91 Å². The van der Waals surface area contributed by atoms with Gasteiger partial charge in [-0.15, -0.1) is 0 Å². The van der Waals surface area contributed by atoms with Gasteiger partial charge in [-0.25, -0.2) is 0 Å². The van der Waals surface area contributed by atoms with Gasteiger partial charge >= 0.3 is 0 Å². The van der Waals surface area contributed by atoms with Crippen LogP contribution in [0.3, 0.4) is 0 Å². The Hall–Kier alpha value is -2.01. The number of amides is 1. The highest BCUT2D eigenvalue weighted by atomic mass is 16.5. The molecule has 0 bridgehead atoms. The van der Waals surface area contributed by atoms with E-state index in [1.165, 1.54) is 0 Å². The number of para-hydroxylation sites is 1. The van der Waals surface area contributed by atoms with Crippen LogP contribution >= 0.6 is 0 Å². The normalized spacial score (nSPS) is 20.0. The smallest absolute Gasteiger partial charge is 0.222 e. The van der Waals surface area contributed by atoms with Crippen molar-refractivity contribution in [2.45, 2.75) is 38.8 Å². The number of nitrogens with zero attached hydrogens (tertiary/aromatic N) is 1. The maximum absolute atomic E-state index is 11.6. The lowest BCUT2D eigenvalue weighted by Gasteiger charge is -2.31. The van der Waals surface area contributed by atoms with Gasteiger partial charge in [0.25, 0.3) is 0 Å². The Morgan fingerprint density at radius 3 is 3.04 bits per heavy atom. The third kappa shape index (κ3) is 3.34. The summed E-state index contributed by atoms with van der Waals surface area (Å²) < 4.78 is 11.7. The molecule has 0 radical (unpaired) electrons. The molecule has 1 saturated heterocycles. The predicted octanol–water partition coefficient (Wildman–Crippen LogP) is 3.10. The minimum Gasteiger partial charge on any atom is -0.490 e. The van der Waals surface area contributed by atoms with Crippen molar-refractivity contribution in [2.75, 3.05) is 20.2 Å². The summed E-state index contributed by atoms with van der Waals surface area (Å²) in [6.07, 6.45) is 1.48. The first-order chi connectivity index (χ1) is 11.1. The molecule has 2 unspecified atom stereocenters. The number of piperidine rings is 1. The SMILES string of the molecule is CCOc1cccc2cc(C(C)NC3CCC(=O)N(C)C3)oc12. The lowest BCUT2D eigenvalue weighted by atomic mass is 10.0. The molecule has 0 spiro atoms. The summed E-state index contributed by atoms with van der Waals surface area (Å²) in [5.74, 6) is 1.90. The highest BCUT2D eigenvalue weighted by Gasteiger charge is 2.25. The third-order valence-electron chi connectivity index (χ3n) is 4.37. The summed E-state index contributed by atoms with van der Waals surface area (Å²) in [5, 5.41) is 4.62. The first-order valence-corrected chi connectivity index (χ1v) is 8.23. The van der Waals surface area contributed by atoms with E-state index in [1.54, 1.807) is 4.90 Å². The molecular weight excluding hydrogens is 292 g/mol. The second-order valence-electron chi connectivity index (χ2n) is 6.15. The quantitative estimate of drug-likeness (QED) is 0.921. The van der Waals surface area contributed by atoms with Crippen LogP contribution in [0.15, 0.2) is 28.7 Å². The van der Waals surface area contributed by atoms with Crippen LogP contribution in [-0.2, 0) is 4.79 Å². The second kappa shape index (κ2) is 6.62. The van der Waals surface area contributed by atoms with E-state index < -0.39 is 0 Å². The number of hydrogen-bond acceptors (Lipinski definition) is 4. The zero-order valence-corrected chi connectivity index (χ0v) is 14.0. The Morgan fingerprint density at radius 2 is 2.30 bits per heavy atom. The minimum absolute atomic E-state index is 0.0866. The number of rotatable bonds is 5. The fraction of sp³-hybridized carbons (Fsp3) is 0.500. The zero-order valence-electron chi connectivity index (χ0n) is 14.0. The van der Waals surface area contributed by atoms with Crippen molar-refractivity contribution in [3.63, 3.8) is 0 Å². The maximum atomic E-state index is 11.6. The Labute approximate surface area is 136 Å². The number of likely N-dealkylation sites (tertiary alicyclic amines) is 1. The predicted molar refractivity (Wildman–Crippen MR) is 89.6 cm³/mol. The first kappa shape index (κ1) is 15.9. The van der Waals surface area contributed by atoms with Crippen molar-refractivity contribution < 1.29 is 13.9 Å². The molecule has 23 heavy (non-hydrogen) atoms. The number of nitrogens with one attached hydrogen (secondary N) is 1. The first-order valence-electron chi connectivity index (χ1n) is 8.23. The molecule has 1 aromatic heterocycles. The molecule has 3 rings (SSSR count). The van der Waals surface area contributed by atoms with Crippen LogP contribution in [0.1, 0.15) is 38.5 Å². The number of hydrogen-bond donors (Lipinski definition) is 1. The van der Waals surface area contributed by atoms with E-state index in [-0.39, 0.29) is 11.9 Å². The van der Waals surface area contributed by atoms with Gasteiger partial charge in [-0.2, -0.15) is 0 Å². The molecule has 124 valence electrons. The Balaban J connectivity index is 1.74. The van der Waals surface area contributed by atoms with Crippen molar-refractivity contribution in [3.05, 3.63) is 30.0 Å². The van der Waals surface area contributed by atoms with E-state index in [1.807, 2.05) is 32.2 Å². The van der Waals surface area contributed by atoms with E-state index in [4.69, 9.17) is 9.15 Å². The summed E-state index contributed by atoms with van der Waals surface area (Å²) in [4.78, 5) is 13.4. The van der Waals surface area contributed by atoms with Gasteiger partial charge in [-0.3, -0.25) is 4.79 Å². The van der Waals surface area contributed by atoms with Gasteiger partial charge in [0.15, 0.2) is 11.3 Å². The van der Waals surface area contributed by atoms with E-state index in [0.717, 1.165) is 35.4 Å². The highest BCUT2D eigenvalue weighted by molar-refractivity contribution is 5.83. The van der Waals surface area contributed by atoms with Crippen molar-refractivity contribution in [2.24, 2.45) is 0 Å². The van der Waals surface area contributed by atoms with Crippen molar-refractivity contribution in [1.29, 1.82) is 0 Å². The fourth-order valence-electron chi connectivity index (χ4n) is 3.12. The number of carbonyl (C=O) groups is 1. The van der Waals surface area contributed by atoms with Crippen LogP contribution in [0.5, 0.6) is 5.75 Å². The van der Waals surface area contributed by atoms with Crippen LogP contribution < -0.4 is 10.1 Å². The summed E-state index contributed by atoms with van der Waals surface area (Å²) in [6, 6.07) is 8.39. The van der Waals surface area contributed by atoms with E-state index in [9.17, 15) is 4.79 Å². The number of likely N-dealkylation sites (N-methyl/N-ethyl adjacent to an activating group) is 1. The number of carbonyl (C=O) groups excluding carboxylic acids is 1.